The minimum Gasteiger partial charge on any atom is -0.440 e. The topological polar surface area (TPSA) is 116 Å². The number of pyridine rings is 1. The summed E-state index contributed by atoms with van der Waals surface area (Å²) in [5.41, 5.74) is 1.95. The molecule has 2 fully saturated rings. The Hall–Kier alpha value is -4.21. The lowest BCUT2D eigenvalue weighted by Crippen LogP contribution is -2.50. The van der Waals surface area contributed by atoms with Gasteiger partial charge in [0.2, 0.25) is 23.2 Å². The maximum absolute atomic E-state index is 12.6. The molecule has 6 rings (SSSR count). The van der Waals surface area contributed by atoms with Gasteiger partial charge in [-0.3, -0.25) is 14.4 Å². The van der Waals surface area contributed by atoms with E-state index in [1.807, 2.05) is 34.9 Å². The van der Waals surface area contributed by atoms with Gasteiger partial charge in [0.15, 0.2) is 19.4 Å². The van der Waals surface area contributed by atoms with E-state index in [9.17, 15) is 22.8 Å². The van der Waals surface area contributed by atoms with Gasteiger partial charge < -0.3 is 19.9 Å². The largest absolute Gasteiger partial charge is 0.440 e. The van der Waals surface area contributed by atoms with Crippen LogP contribution in [0, 0.1) is 0 Å². The molecule has 0 aromatic carbocycles. The van der Waals surface area contributed by atoms with Crippen LogP contribution in [0.4, 0.5) is 35.3 Å². The molecule has 218 valence electrons. The molecular weight excluding hydrogens is 545 g/mol. The van der Waals surface area contributed by atoms with Gasteiger partial charge in [-0.15, -0.1) is 5.10 Å². The van der Waals surface area contributed by atoms with E-state index in [4.69, 9.17) is 0 Å². The number of ether oxygens (including phenoxy) is 1. The van der Waals surface area contributed by atoms with E-state index in [2.05, 4.69) is 30.1 Å². The molecule has 0 saturated carbocycles. The summed E-state index contributed by atoms with van der Waals surface area (Å²) in [6, 6.07) is 3.03. The molecule has 2 amide bonds. The minimum atomic E-state index is -4.57. The fourth-order valence-electron chi connectivity index (χ4n) is 5.52. The minimum absolute atomic E-state index is 0.0159. The second kappa shape index (κ2) is 10.6. The third-order valence-electron chi connectivity index (χ3n) is 7.57. The molecule has 13 nitrogen and oxygen atoms in total. The van der Waals surface area contributed by atoms with Crippen LogP contribution in [0.3, 0.4) is 0 Å². The summed E-state index contributed by atoms with van der Waals surface area (Å²) < 4.78 is 47.3. The highest BCUT2D eigenvalue weighted by atomic mass is 19.4. The van der Waals surface area contributed by atoms with Gasteiger partial charge in [0.25, 0.3) is 0 Å². The number of nitrogens with zero attached hydrogens (tertiary/aromatic N) is 9. The lowest BCUT2D eigenvalue weighted by molar-refractivity contribution is -0.448. The van der Waals surface area contributed by atoms with Crippen LogP contribution in [0.2, 0.25) is 0 Å². The molecule has 3 aliphatic rings. The maximum atomic E-state index is 12.6. The quantitative estimate of drug-likeness (QED) is 0.442. The van der Waals surface area contributed by atoms with E-state index in [0.717, 1.165) is 18.8 Å². The lowest BCUT2D eigenvalue weighted by Gasteiger charge is -2.32. The number of hydrogen-bond acceptors (Lipinski definition) is 8. The Morgan fingerprint density at radius 3 is 2.76 bits per heavy atom. The molecule has 41 heavy (non-hydrogen) atoms. The van der Waals surface area contributed by atoms with Gasteiger partial charge in [0, 0.05) is 44.6 Å². The molecule has 3 aliphatic heterocycles. The summed E-state index contributed by atoms with van der Waals surface area (Å²) in [6.45, 7) is 2.02. The summed E-state index contributed by atoms with van der Waals surface area (Å²) in [5.74, 6) is 0.349. The zero-order valence-electron chi connectivity index (χ0n) is 22.4. The predicted molar refractivity (Wildman–Crippen MR) is 139 cm³/mol. The summed E-state index contributed by atoms with van der Waals surface area (Å²) in [4.78, 5) is 35.1. The van der Waals surface area contributed by atoms with Gasteiger partial charge in [-0.1, -0.05) is 0 Å². The van der Waals surface area contributed by atoms with E-state index < -0.39 is 18.9 Å². The number of halogens is 3. The van der Waals surface area contributed by atoms with E-state index in [1.54, 1.807) is 27.8 Å². The molecule has 2 atom stereocenters. The highest BCUT2D eigenvalue weighted by Crippen LogP contribution is 2.31. The second-order valence-electron chi connectivity index (χ2n) is 10.5. The fourth-order valence-corrected chi connectivity index (χ4v) is 5.52. The van der Waals surface area contributed by atoms with Crippen molar-refractivity contribution >= 4 is 41.2 Å². The van der Waals surface area contributed by atoms with Crippen molar-refractivity contribution in [3.8, 4) is 0 Å². The molecule has 6 heterocycles. The molecule has 0 spiro atoms. The van der Waals surface area contributed by atoms with Crippen molar-refractivity contribution < 1.29 is 32.1 Å². The Bertz CT molecular complexity index is 1480. The van der Waals surface area contributed by atoms with Crippen LogP contribution < -0.4 is 5.32 Å². The van der Waals surface area contributed by atoms with Gasteiger partial charge in [0.1, 0.15) is 12.6 Å². The number of hydrogen-bond donors (Lipinski definition) is 1. The first-order valence-electron chi connectivity index (χ1n) is 13.4. The van der Waals surface area contributed by atoms with Crippen LogP contribution in [-0.4, -0.2) is 127 Å². The number of carbonyl (C=O) groups is 2. The number of likely N-dealkylation sites (N-methyl/N-ethyl adjacent to an activating group) is 1. The van der Waals surface area contributed by atoms with Gasteiger partial charge in [-0.25, -0.2) is 9.31 Å². The molecule has 2 bridgehead atoms. The molecule has 2 unspecified atom stereocenters. The molecule has 3 aromatic rings. The van der Waals surface area contributed by atoms with Crippen molar-refractivity contribution in [3.05, 3.63) is 30.7 Å². The monoisotopic (exact) mass is 575 g/mol. The zero-order chi connectivity index (χ0) is 28.7. The molecule has 16 heteroatoms. The van der Waals surface area contributed by atoms with Crippen molar-refractivity contribution in [2.24, 2.45) is 0 Å². The highest BCUT2D eigenvalue weighted by molar-refractivity contribution is 5.77. The van der Waals surface area contributed by atoms with E-state index >= 15 is 0 Å². The summed E-state index contributed by atoms with van der Waals surface area (Å²) in [5, 5.41) is 11.9. The first-order chi connectivity index (χ1) is 19.6. The number of carbonyl (C=O) groups excluding carboxylic acids is 2. The Morgan fingerprint density at radius 1 is 1.20 bits per heavy atom. The third-order valence-corrected chi connectivity index (χ3v) is 7.57. The second-order valence-corrected chi connectivity index (χ2v) is 10.5. The van der Waals surface area contributed by atoms with Crippen LogP contribution >= 0.6 is 0 Å². The van der Waals surface area contributed by atoms with Gasteiger partial charge in [-0.2, -0.15) is 27.8 Å². The zero-order valence-corrected chi connectivity index (χ0v) is 22.4. The number of anilines is 2. The first-order valence-corrected chi connectivity index (χ1v) is 13.4. The fraction of sp³-hybridized carbons (Fsp3) is 0.520. The molecule has 3 aromatic heterocycles. The lowest BCUT2D eigenvalue weighted by atomic mass is 10.2. The van der Waals surface area contributed by atoms with Crippen LogP contribution in [-0.2, 0) is 16.1 Å². The number of piperazine rings is 1. The summed E-state index contributed by atoms with van der Waals surface area (Å²) in [7, 11) is 2.04. The number of rotatable bonds is 6. The van der Waals surface area contributed by atoms with Crippen molar-refractivity contribution in [2.45, 2.75) is 37.6 Å². The number of fused-ring (bicyclic) bond motifs is 3. The summed E-state index contributed by atoms with van der Waals surface area (Å²) in [6.07, 6.45) is 2.68. The highest BCUT2D eigenvalue weighted by Gasteiger charge is 2.46. The SMILES string of the molecule is CN1CCN(C(=O)Cn2cc(Nc3nc4c([N+]5=CC6CCC(C5)N6C(=O)OCC(F)(F)F)cccn4n3)cn2)CC1. The Morgan fingerprint density at radius 2 is 2.00 bits per heavy atom. The smallest absolute Gasteiger partial charge is 0.422 e. The normalized spacial score (nSPS) is 21.3. The van der Waals surface area contributed by atoms with Gasteiger partial charge in [0.05, 0.1) is 17.9 Å². The van der Waals surface area contributed by atoms with Gasteiger partial charge in [-0.05, 0) is 26.0 Å². The van der Waals surface area contributed by atoms with Crippen molar-refractivity contribution in [3.63, 3.8) is 0 Å². The van der Waals surface area contributed by atoms with Crippen LogP contribution in [0.5, 0.6) is 0 Å². The van der Waals surface area contributed by atoms with Crippen LogP contribution in [0.25, 0.3) is 5.65 Å². The maximum Gasteiger partial charge on any atom is 0.422 e. The van der Waals surface area contributed by atoms with Crippen LogP contribution in [0.1, 0.15) is 12.8 Å². The van der Waals surface area contributed by atoms with Gasteiger partial charge >= 0.3 is 12.3 Å². The number of amides is 2. The van der Waals surface area contributed by atoms with Crippen molar-refractivity contribution in [1.29, 1.82) is 0 Å². The number of nitrogens with one attached hydrogen (secondary N) is 1. The molecule has 2 saturated heterocycles. The first kappa shape index (κ1) is 27.0. The van der Waals surface area contributed by atoms with E-state index in [0.29, 0.717) is 49.8 Å². The molecule has 0 radical (unpaired) electrons. The van der Waals surface area contributed by atoms with E-state index in [-0.39, 0.29) is 24.5 Å². The Kier molecular flexibility index (Phi) is 7.01. The molecule has 1 N–H and O–H groups in total. The molecule has 0 aliphatic carbocycles. The average Bonchev–Trinajstić information content (AvgIpc) is 3.62. The number of alkyl halides is 3. The number of aromatic nitrogens is 5. The predicted octanol–water partition coefficient (Wildman–Crippen LogP) is 1.70. The summed E-state index contributed by atoms with van der Waals surface area (Å²) >= 11 is 0. The van der Waals surface area contributed by atoms with Crippen LogP contribution in [0.15, 0.2) is 30.7 Å². The Balaban J connectivity index is 1.14. The third kappa shape index (κ3) is 5.82. The van der Waals surface area contributed by atoms with Crippen molar-refractivity contribution in [1.82, 2.24) is 39.1 Å². The average molecular weight is 576 g/mol. The Labute approximate surface area is 232 Å². The molecular formula is C25H30F3N10O3+. The standard InChI is InChI=1S/C25H30F3N10O3/c1-33-7-9-34(10-8-33)21(39)15-36-12-17(11-29-36)30-23-31-22-20(3-2-6-37(22)32-23)35-13-18-4-5-19(14-35)38(18)24(40)41-16-25(26,27)28/h2-3,6,11-13,18-19H,4-5,7-10,14-16H2,1H3,(H,30,32)/q+1. The van der Waals surface area contributed by atoms with E-state index in [1.165, 1.54) is 4.90 Å². The van der Waals surface area contributed by atoms with Crippen molar-refractivity contribution in [2.75, 3.05) is 51.7 Å².